The van der Waals surface area contributed by atoms with Crippen LogP contribution in [0.2, 0.25) is 0 Å². The summed E-state index contributed by atoms with van der Waals surface area (Å²) in [5, 5.41) is 11.8. The van der Waals surface area contributed by atoms with Crippen molar-refractivity contribution in [3.63, 3.8) is 0 Å². The molecule has 100 valence electrons. The fraction of sp³-hybridized carbons (Fsp3) is 0.462. The zero-order valence-electron chi connectivity index (χ0n) is 10.4. The molecular weight excluding hydrogens is 246 g/mol. The van der Waals surface area contributed by atoms with Gasteiger partial charge in [0.1, 0.15) is 5.69 Å². The summed E-state index contributed by atoms with van der Waals surface area (Å²) in [4.78, 5) is 18.3. The largest absolute Gasteiger partial charge is 0.476 e. The highest BCUT2D eigenvalue weighted by Crippen LogP contribution is 2.12. The number of aliphatic carboxylic acids is 1. The Morgan fingerprint density at radius 2 is 2.47 bits per heavy atom. The Morgan fingerprint density at radius 1 is 1.58 bits per heavy atom. The minimum atomic E-state index is -1.19. The van der Waals surface area contributed by atoms with Crippen molar-refractivity contribution in [3.05, 3.63) is 18.1 Å². The molecule has 1 saturated heterocycles. The minimum absolute atomic E-state index is 0.293. The van der Waals surface area contributed by atoms with Crippen LogP contribution < -0.4 is 10.1 Å². The quantitative estimate of drug-likeness (QED) is 0.761. The Hall–Kier alpha value is -2.13. The Bertz CT molecular complexity index is 501. The lowest BCUT2D eigenvalue weighted by Crippen LogP contribution is -2.33. The molecule has 2 N–H and O–H groups in total. The van der Waals surface area contributed by atoms with E-state index in [0.717, 1.165) is 25.9 Å². The van der Waals surface area contributed by atoms with Gasteiger partial charge in [0.25, 0.3) is 0 Å². The standard InChI is InChI=1S/C13H15N3O3/c17-13(18)4-3-11-7-15-8-12(16-11)19-9-10-2-1-5-14-6-10/h7-8,10,14H,1-2,5-6,9H2,(H,17,18). The van der Waals surface area contributed by atoms with Crippen LogP contribution >= 0.6 is 0 Å². The zero-order valence-corrected chi connectivity index (χ0v) is 10.4. The van der Waals surface area contributed by atoms with Crippen LogP contribution in [-0.2, 0) is 4.79 Å². The summed E-state index contributed by atoms with van der Waals surface area (Å²) in [6, 6.07) is 0. The van der Waals surface area contributed by atoms with Crippen molar-refractivity contribution in [2.45, 2.75) is 12.8 Å². The summed E-state index contributed by atoms with van der Waals surface area (Å²) >= 11 is 0. The van der Waals surface area contributed by atoms with Crippen LogP contribution in [0.25, 0.3) is 0 Å². The topological polar surface area (TPSA) is 84.3 Å². The van der Waals surface area contributed by atoms with E-state index in [0.29, 0.717) is 24.1 Å². The first kappa shape index (κ1) is 13.3. The summed E-state index contributed by atoms with van der Waals surface area (Å²) in [5.74, 6) is 4.06. The van der Waals surface area contributed by atoms with Gasteiger partial charge in [0.05, 0.1) is 19.0 Å². The highest BCUT2D eigenvalue weighted by Gasteiger charge is 2.13. The van der Waals surface area contributed by atoms with Crippen molar-refractivity contribution in [1.29, 1.82) is 0 Å². The molecule has 1 aliphatic rings. The van der Waals surface area contributed by atoms with Crippen molar-refractivity contribution in [2.24, 2.45) is 5.92 Å². The van der Waals surface area contributed by atoms with Crippen LogP contribution in [0.1, 0.15) is 18.5 Å². The van der Waals surface area contributed by atoms with E-state index < -0.39 is 5.97 Å². The van der Waals surface area contributed by atoms with Crippen molar-refractivity contribution in [1.82, 2.24) is 15.3 Å². The van der Waals surface area contributed by atoms with Crippen molar-refractivity contribution < 1.29 is 14.6 Å². The summed E-state index contributed by atoms with van der Waals surface area (Å²) in [6.07, 6.45) is 5.20. The van der Waals surface area contributed by atoms with Crippen molar-refractivity contribution in [3.8, 4) is 17.7 Å². The number of nitrogens with one attached hydrogen (secondary N) is 1. The van der Waals surface area contributed by atoms with Crippen LogP contribution in [0.3, 0.4) is 0 Å². The highest BCUT2D eigenvalue weighted by atomic mass is 16.5. The first-order valence-electron chi connectivity index (χ1n) is 6.14. The Balaban J connectivity index is 1.91. The molecule has 1 aromatic heterocycles. The van der Waals surface area contributed by atoms with Gasteiger partial charge < -0.3 is 15.2 Å². The third-order valence-electron chi connectivity index (χ3n) is 2.78. The van der Waals surface area contributed by atoms with Gasteiger partial charge >= 0.3 is 5.97 Å². The Labute approximate surface area is 111 Å². The summed E-state index contributed by atoms with van der Waals surface area (Å²) < 4.78 is 5.56. The molecule has 0 amide bonds. The van der Waals surface area contributed by atoms with Gasteiger partial charge in [-0.3, -0.25) is 4.98 Å². The predicted molar refractivity (Wildman–Crippen MR) is 67.6 cm³/mol. The summed E-state index contributed by atoms with van der Waals surface area (Å²) in [5.41, 5.74) is 0.293. The van der Waals surface area contributed by atoms with Crippen LogP contribution in [0.4, 0.5) is 0 Å². The van der Waals surface area contributed by atoms with Gasteiger partial charge in [-0.15, -0.1) is 0 Å². The molecule has 1 atom stereocenters. The summed E-state index contributed by atoms with van der Waals surface area (Å²) in [6.45, 7) is 2.60. The average molecular weight is 261 g/mol. The maximum atomic E-state index is 10.3. The number of rotatable bonds is 3. The third kappa shape index (κ3) is 4.56. The van der Waals surface area contributed by atoms with Gasteiger partial charge in [-0.2, -0.15) is 0 Å². The van der Waals surface area contributed by atoms with E-state index in [1.54, 1.807) is 0 Å². The molecular formula is C13H15N3O3. The molecule has 19 heavy (non-hydrogen) atoms. The van der Waals surface area contributed by atoms with E-state index in [4.69, 9.17) is 9.84 Å². The van der Waals surface area contributed by atoms with Gasteiger partial charge in [-0.25, -0.2) is 9.78 Å². The highest BCUT2D eigenvalue weighted by molar-refractivity contribution is 5.87. The lowest BCUT2D eigenvalue weighted by Gasteiger charge is -2.22. The van der Waals surface area contributed by atoms with E-state index >= 15 is 0 Å². The van der Waals surface area contributed by atoms with Crippen LogP contribution in [-0.4, -0.2) is 40.7 Å². The maximum Gasteiger partial charge on any atom is 0.382 e. The van der Waals surface area contributed by atoms with Crippen LogP contribution in [0, 0.1) is 17.8 Å². The van der Waals surface area contributed by atoms with Gasteiger partial charge in [0.15, 0.2) is 0 Å². The molecule has 2 heterocycles. The van der Waals surface area contributed by atoms with E-state index in [1.165, 1.54) is 12.4 Å². The van der Waals surface area contributed by atoms with Crippen molar-refractivity contribution >= 4 is 5.97 Å². The first-order chi connectivity index (χ1) is 9.24. The molecule has 2 rings (SSSR count). The number of ether oxygens (including phenoxy) is 1. The molecule has 0 saturated carbocycles. The number of aromatic nitrogens is 2. The number of nitrogens with zero attached hydrogens (tertiary/aromatic N) is 2. The second kappa shape index (κ2) is 6.71. The molecule has 0 aliphatic carbocycles. The molecule has 1 unspecified atom stereocenters. The van der Waals surface area contributed by atoms with E-state index in [2.05, 4.69) is 21.2 Å². The number of carboxylic acids is 1. The van der Waals surface area contributed by atoms with E-state index in [9.17, 15) is 4.79 Å². The molecule has 0 bridgehead atoms. The van der Waals surface area contributed by atoms with Crippen LogP contribution in [0.15, 0.2) is 12.4 Å². The number of hydrogen-bond acceptors (Lipinski definition) is 5. The number of carboxylic acid groups (broad SMARTS) is 1. The molecule has 6 heteroatoms. The molecule has 1 fully saturated rings. The number of carbonyl (C=O) groups is 1. The predicted octanol–water partition coefficient (Wildman–Crippen LogP) is 0.291. The molecule has 1 aromatic rings. The van der Waals surface area contributed by atoms with Crippen molar-refractivity contribution in [2.75, 3.05) is 19.7 Å². The van der Waals surface area contributed by atoms with Gasteiger partial charge in [0, 0.05) is 18.4 Å². The van der Waals surface area contributed by atoms with Gasteiger partial charge in [-0.1, -0.05) is 0 Å². The fourth-order valence-corrected chi connectivity index (χ4v) is 1.86. The van der Waals surface area contributed by atoms with Crippen LogP contribution in [0.5, 0.6) is 5.88 Å². The fourth-order valence-electron chi connectivity index (χ4n) is 1.86. The first-order valence-corrected chi connectivity index (χ1v) is 6.14. The molecule has 1 aliphatic heterocycles. The average Bonchev–Trinajstić information content (AvgIpc) is 2.44. The van der Waals surface area contributed by atoms with Gasteiger partial charge in [0.2, 0.25) is 5.88 Å². The summed E-state index contributed by atoms with van der Waals surface area (Å²) in [7, 11) is 0. The van der Waals surface area contributed by atoms with Gasteiger partial charge in [-0.05, 0) is 25.3 Å². The lowest BCUT2D eigenvalue weighted by molar-refractivity contribution is -0.130. The Morgan fingerprint density at radius 3 is 3.21 bits per heavy atom. The van der Waals surface area contributed by atoms with E-state index in [-0.39, 0.29) is 0 Å². The third-order valence-corrected chi connectivity index (χ3v) is 2.78. The normalized spacial score (nSPS) is 18.2. The number of piperidine rings is 1. The monoisotopic (exact) mass is 261 g/mol. The van der Waals surface area contributed by atoms with E-state index in [1.807, 2.05) is 5.92 Å². The molecule has 6 nitrogen and oxygen atoms in total. The smallest absolute Gasteiger partial charge is 0.382 e. The second-order valence-corrected chi connectivity index (χ2v) is 4.32. The maximum absolute atomic E-state index is 10.3. The molecule has 0 aromatic carbocycles. The zero-order chi connectivity index (χ0) is 13.5. The molecule has 0 spiro atoms. The minimum Gasteiger partial charge on any atom is -0.476 e. The SMILES string of the molecule is O=C(O)C#Cc1cncc(OCC2CCCNC2)n1. The number of hydrogen-bond donors (Lipinski definition) is 2. The second-order valence-electron chi connectivity index (χ2n) is 4.32. The molecule has 0 radical (unpaired) electrons. The lowest BCUT2D eigenvalue weighted by atomic mass is 10.0. The Kier molecular flexibility index (Phi) is 4.70.